The number of aromatic hydroxyl groups is 1. The molecule has 156 valence electrons. The highest BCUT2D eigenvalue weighted by atomic mass is 32.2. The molecule has 0 saturated carbocycles. The molecule has 2 aromatic rings. The molecule has 1 saturated heterocycles. The van der Waals surface area contributed by atoms with Gasteiger partial charge in [0, 0.05) is 17.5 Å². The van der Waals surface area contributed by atoms with Crippen LogP contribution in [0.15, 0.2) is 47.4 Å². The third kappa shape index (κ3) is 3.80. The largest absolute Gasteiger partial charge is 0.508 e. The van der Waals surface area contributed by atoms with Crippen molar-refractivity contribution >= 4 is 10.0 Å². The number of benzene rings is 2. The Bertz CT molecular complexity index is 1010. The van der Waals surface area contributed by atoms with Crippen LogP contribution >= 0.6 is 0 Å². The van der Waals surface area contributed by atoms with E-state index in [2.05, 4.69) is 30.3 Å². The maximum absolute atomic E-state index is 11.4. The first-order valence-corrected chi connectivity index (χ1v) is 11.6. The lowest BCUT2D eigenvalue weighted by molar-refractivity contribution is 0.0663. The molecule has 4 N–H and O–H groups in total. The minimum atomic E-state index is -3.66. The van der Waals surface area contributed by atoms with Crippen molar-refractivity contribution in [2.45, 2.75) is 48.6 Å². The summed E-state index contributed by atoms with van der Waals surface area (Å²) in [5.41, 5.74) is 3.64. The van der Waals surface area contributed by atoms with Crippen LogP contribution in [0.5, 0.6) is 5.75 Å². The number of fused-ring (bicyclic) bond motifs is 4. The number of phenols is 1. The van der Waals surface area contributed by atoms with E-state index in [1.807, 2.05) is 18.2 Å². The van der Waals surface area contributed by atoms with Gasteiger partial charge in [-0.15, -0.1) is 0 Å². The summed E-state index contributed by atoms with van der Waals surface area (Å²) in [5.74, 6) is 0.330. The normalized spacial score (nSPS) is 26.9. The van der Waals surface area contributed by atoms with Crippen molar-refractivity contribution in [3.05, 3.63) is 59.2 Å². The van der Waals surface area contributed by atoms with Crippen LogP contribution in [-0.2, 0) is 28.3 Å². The van der Waals surface area contributed by atoms with Crippen molar-refractivity contribution in [3.8, 4) is 5.75 Å². The zero-order valence-corrected chi connectivity index (χ0v) is 17.7. The number of nitrogens with one attached hydrogen (secondary N) is 1. The van der Waals surface area contributed by atoms with Crippen molar-refractivity contribution in [1.29, 1.82) is 0 Å². The molecular formula is C22H29N3O3S. The first kappa shape index (κ1) is 20.3. The zero-order chi connectivity index (χ0) is 20.8. The Morgan fingerprint density at radius 2 is 1.97 bits per heavy atom. The molecule has 3 atom stereocenters. The summed E-state index contributed by atoms with van der Waals surface area (Å²) in [7, 11) is -1.46. The summed E-state index contributed by atoms with van der Waals surface area (Å²) in [6.07, 6.45) is 2.82. The number of likely N-dealkylation sites (tertiary alicyclic amines) is 1. The molecule has 1 aliphatic heterocycles. The van der Waals surface area contributed by atoms with Crippen LogP contribution in [0, 0.1) is 0 Å². The van der Waals surface area contributed by atoms with E-state index >= 15 is 0 Å². The smallest absolute Gasteiger partial charge is 0.238 e. The molecule has 0 unspecified atom stereocenters. The molecule has 0 spiro atoms. The van der Waals surface area contributed by atoms with Gasteiger partial charge in [-0.2, -0.15) is 0 Å². The second-order valence-corrected chi connectivity index (χ2v) is 10.2. The minimum absolute atomic E-state index is 0.0268. The Kier molecular flexibility index (Phi) is 5.19. The molecule has 7 heteroatoms. The highest BCUT2D eigenvalue weighted by Crippen LogP contribution is 2.45. The molecule has 0 amide bonds. The Morgan fingerprint density at radius 3 is 2.66 bits per heavy atom. The minimum Gasteiger partial charge on any atom is -0.508 e. The SMILES string of the molecule is CN1CC[C@]2(C)c3cc(O)ccc3C[C@H]1[C@H]2NCCc1ccc(S(N)(=O)=O)cc1. The van der Waals surface area contributed by atoms with Gasteiger partial charge in [-0.05, 0) is 80.4 Å². The molecule has 4 rings (SSSR count). The maximum atomic E-state index is 11.4. The van der Waals surface area contributed by atoms with Gasteiger partial charge in [0.25, 0.3) is 0 Å². The molecule has 29 heavy (non-hydrogen) atoms. The van der Waals surface area contributed by atoms with E-state index in [4.69, 9.17) is 5.14 Å². The number of hydrogen-bond donors (Lipinski definition) is 3. The average molecular weight is 416 g/mol. The summed E-state index contributed by atoms with van der Waals surface area (Å²) in [4.78, 5) is 2.58. The van der Waals surface area contributed by atoms with Gasteiger partial charge in [0.05, 0.1) is 4.90 Å². The molecular weight excluding hydrogens is 386 g/mol. The van der Waals surface area contributed by atoms with Crippen LogP contribution in [0.4, 0.5) is 0 Å². The van der Waals surface area contributed by atoms with Crippen molar-refractivity contribution in [2.75, 3.05) is 20.1 Å². The number of phenolic OH excluding ortho intramolecular Hbond substituents is 1. The lowest BCUT2D eigenvalue weighted by Gasteiger charge is -2.55. The van der Waals surface area contributed by atoms with Crippen molar-refractivity contribution in [1.82, 2.24) is 10.2 Å². The number of nitrogens with zero attached hydrogens (tertiary/aromatic N) is 1. The Balaban J connectivity index is 1.51. The topological polar surface area (TPSA) is 95.7 Å². The van der Waals surface area contributed by atoms with Gasteiger partial charge in [0.15, 0.2) is 0 Å². The number of piperidine rings is 1. The first-order valence-electron chi connectivity index (χ1n) is 10.1. The maximum Gasteiger partial charge on any atom is 0.238 e. The number of nitrogens with two attached hydrogens (primary N) is 1. The zero-order valence-electron chi connectivity index (χ0n) is 16.9. The van der Waals surface area contributed by atoms with Gasteiger partial charge in [0.1, 0.15) is 5.75 Å². The Morgan fingerprint density at radius 1 is 1.24 bits per heavy atom. The molecule has 2 aliphatic rings. The lowest BCUT2D eigenvalue weighted by atomic mass is 9.61. The predicted octanol–water partition coefficient (Wildman–Crippen LogP) is 1.76. The summed E-state index contributed by atoms with van der Waals surface area (Å²) < 4.78 is 22.8. The van der Waals surface area contributed by atoms with Crippen LogP contribution in [0.2, 0.25) is 0 Å². The molecule has 1 aliphatic carbocycles. The van der Waals surface area contributed by atoms with E-state index in [1.54, 1.807) is 18.2 Å². The Labute approximate surface area is 172 Å². The van der Waals surface area contributed by atoms with E-state index in [0.29, 0.717) is 17.8 Å². The second kappa shape index (κ2) is 7.40. The fraction of sp³-hybridized carbons (Fsp3) is 0.455. The predicted molar refractivity (Wildman–Crippen MR) is 114 cm³/mol. The van der Waals surface area contributed by atoms with E-state index in [-0.39, 0.29) is 10.3 Å². The van der Waals surface area contributed by atoms with Crippen molar-refractivity contribution in [3.63, 3.8) is 0 Å². The van der Waals surface area contributed by atoms with Crippen LogP contribution in [0.3, 0.4) is 0 Å². The molecule has 2 aromatic carbocycles. The number of primary sulfonamides is 1. The van der Waals surface area contributed by atoms with Gasteiger partial charge >= 0.3 is 0 Å². The Hall–Kier alpha value is -1.93. The van der Waals surface area contributed by atoms with Gasteiger partial charge < -0.3 is 15.3 Å². The first-order chi connectivity index (χ1) is 13.7. The molecule has 2 bridgehead atoms. The lowest BCUT2D eigenvalue weighted by Crippen LogP contribution is -2.66. The monoisotopic (exact) mass is 415 g/mol. The average Bonchev–Trinajstić information content (AvgIpc) is 2.67. The van der Waals surface area contributed by atoms with Crippen molar-refractivity contribution in [2.24, 2.45) is 5.14 Å². The summed E-state index contributed by atoms with van der Waals surface area (Å²) in [6.45, 7) is 4.15. The van der Waals surface area contributed by atoms with E-state index in [9.17, 15) is 13.5 Å². The highest BCUT2D eigenvalue weighted by molar-refractivity contribution is 7.89. The number of hydrogen-bond acceptors (Lipinski definition) is 5. The second-order valence-electron chi connectivity index (χ2n) is 8.63. The van der Waals surface area contributed by atoms with E-state index in [0.717, 1.165) is 37.9 Å². The van der Waals surface area contributed by atoms with Crippen LogP contribution in [-0.4, -0.2) is 50.6 Å². The van der Waals surface area contributed by atoms with Gasteiger partial charge in [-0.3, -0.25) is 0 Å². The standard InChI is InChI=1S/C22H29N3O3S/c1-22-10-12-25(2)20(13-16-5-6-17(26)14-19(16)22)21(22)24-11-9-15-3-7-18(8-4-15)29(23,27)28/h3-8,14,20-21,24,26H,9-13H2,1-2H3,(H2,23,27,28)/t20-,21+,22+/m0/s1. The highest BCUT2D eigenvalue weighted by Gasteiger charge is 2.49. The van der Waals surface area contributed by atoms with E-state index < -0.39 is 10.0 Å². The molecule has 0 aromatic heterocycles. The molecule has 1 heterocycles. The van der Waals surface area contributed by atoms with Crippen LogP contribution < -0.4 is 10.5 Å². The van der Waals surface area contributed by atoms with Gasteiger partial charge in [0.2, 0.25) is 10.0 Å². The van der Waals surface area contributed by atoms with Crippen LogP contribution in [0.25, 0.3) is 0 Å². The quantitative estimate of drug-likeness (QED) is 0.692. The van der Waals surface area contributed by atoms with Gasteiger partial charge in [-0.1, -0.05) is 25.1 Å². The third-order valence-electron chi connectivity index (χ3n) is 6.79. The van der Waals surface area contributed by atoms with Crippen molar-refractivity contribution < 1.29 is 13.5 Å². The summed E-state index contributed by atoms with van der Waals surface area (Å²) in [6, 6.07) is 13.3. The molecule has 0 radical (unpaired) electrons. The summed E-state index contributed by atoms with van der Waals surface area (Å²) >= 11 is 0. The fourth-order valence-corrected chi connectivity index (χ4v) is 5.58. The number of likely N-dealkylation sites (N-methyl/N-ethyl adjacent to an activating group) is 1. The molecule has 1 fully saturated rings. The molecule has 6 nitrogen and oxygen atoms in total. The van der Waals surface area contributed by atoms with E-state index in [1.165, 1.54) is 11.1 Å². The number of sulfonamides is 1. The number of rotatable bonds is 5. The third-order valence-corrected chi connectivity index (χ3v) is 7.72. The van der Waals surface area contributed by atoms with Crippen LogP contribution in [0.1, 0.15) is 30.0 Å². The summed E-state index contributed by atoms with van der Waals surface area (Å²) in [5, 5.41) is 19.0. The van der Waals surface area contributed by atoms with Gasteiger partial charge in [-0.25, -0.2) is 13.6 Å². The fourth-order valence-electron chi connectivity index (χ4n) is 5.06.